The van der Waals surface area contributed by atoms with Crippen LogP contribution in [0.2, 0.25) is 5.02 Å². The van der Waals surface area contributed by atoms with Crippen LogP contribution in [0, 0.1) is 6.92 Å². The van der Waals surface area contributed by atoms with Crippen molar-refractivity contribution in [3.63, 3.8) is 0 Å². The SMILES string of the molecule is Cc1oc(-c2cccc(Cl)c2)nc1CNS(=O)(=O)c1ccccc1. The average Bonchev–Trinajstić information content (AvgIpc) is 2.95. The molecule has 0 amide bonds. The molecule has 0 aliphatic carbocycles. The van der Waals surface area contributed by atoms with Gasteiger partial charge in [-0.2, -0.15) is 0 Å². The molecule has 1 heterocycles. The van der Waals surface area contributed by atoms with Gasteiger partial charge < -0.3 is 4.42 Å². The van der Waals surface area contributed by atoms with Gasteiger partial charge in [-0.3, -0.25) is 0 Å². The Hall–Kier alpha value is -2.15. The zero-order chi connectivity index (χ0) is 17.2. The number of aryl methyl sites for hydroxylation is 1. The summed E-state index contributed by atoms with van der Waals surface area (Å²) in [5.74, 6) is 0.963. The Balaban J connectivity index is 1.79. The van der Waals surface area contributed by atoms with E-state index in [-0.39, 0.29) is 11.4 Å². The van der Waals surface area contributed by atoms with E-state index in [1.54, 1.807) is 43.3 Å². The summed E-state index contributed by atoms with van der Waals surface area (Å²) in [4.78, 5) is 4.58. The van der Waals surface area contributed by atoms with Crippen LogP contribution in [0.3, 0.4) is 0 Å². The number of benzene rings is 2. The normalized spacial score (nSPS) is 11.6. The van der Waals surface area contributed by atoms with Gasteiger partial charge in [0.1, 0.15) is 5.76 Å². The second-order valence-electron chi connectivity index (χ2n) is 5.17. The first-order valence-corrected chi connectivity index (χ1v) is 9.09. The summed E-state index contributed by atoms with van der Waals surface area (Å²) in [5.41, 5.74) is 1.27. The largest absolute Gasteiger partial charge is 0.441 e. The fraction of sp³-hybridized carbons (Fsp3) is 0.118. The van der Waals surface area contributed by atoms with Crippen LogP contribution >= 0.6 is 11.6 Å². The lowest BCUT2D eigenvalue weighted by atomic mass is 10.2. The molecule has 5 nitrogen and oxygen atoms in total. The maximum Gasteiger partial charge on any atom is 0.240 e. The molecule has 0 atom stereocenters. The van der Waals surface area contributed by atoms with Crippen molar-refractivity contribution in [2.24, 2.45) is 0 Å². The van der Waals surface area contributed by atoms with Crippen LogP contribution < -0.4 is 4.72 Å². The summed E-state index contributed by atoms with van der Waals surface area (Å²) in [6.07, 6.45) is 0. The fourth-order valence-electron chi connectivity index (χ4n) is 2.18. The summed E-state index contributed by atoms with van der Waals surface area (Å²) in [7, 11) is -3.59. The Labute approximate surface area is 145 Å². The molecule has 1 aromatic heterocycles. The molecule has 7 heteroatoms. The Kier molecular flexibility index (Phi) is 4.71. The van der Waals surface area contributed by atoms with E-state index in [9.17, 15) is 8.42 Å². The quantitative estimate of drug-likeness (QED) is 0.749. The van der Waals surface area contributed by atoms with Gasteiger partial charge in [0.2, 0.25) is 15.9 Å². The van der Waals surface area contributed by atoms with Crippen molar-refractivity contribution < 1.29 is 12.8 Å². The van der Waals surface area contributed by atoms with Gasteiger partial charge in [-0.15, -0.1) is 0 Å². The molecule has 1 N–H and O–H groups in total. The predicted octanol–water partition coefficient (Wildman–Crippen LogP) is 3.78. The number of sulfonamides is 1. The molecule has 3 rings (SSSR count). The van der Waals surface area contributed by atoms with Crippen LogP contribution in [-0.4, -0.2) is 13.4 Å². The Morgan fingerprint density at radius 2 is 1.88 bits per heavy atom. The van der Waals surface area contributed by atoms with E-state index in [0.29, 0.717) is 22.4 Å². The van der Waals surface area contributed by atoms with Gasteiger partial charge in [0.05, 0.1) is 17.1 Å². The van der Waals surface area contributed by atoms with Gasteiger partial charge in [-0.05, 0) is 37.3 Å². The summed E-state index contributed by atoms with van der Waals surface area (Å²) >= 11 is 5.97. The third-order valence-corrected chi connectivity index (χ3v) is 5.10. The molecule has 3 aromatic rings. The van der Waals surface area contributed by atoms with E-state index in [0.717, 1.165) is 5.56 Å². The van der Waals surface area contributed by atoms with Crippen molar-refractivity contribution in [3.05, 3.63) is 71.1 Å². The second kappa shape index (κ2) is 6.76. The highest BCUT2D eigenvalue weighted by molar-refractivity contribution is 7.89. The number of hydrogen-bond donors (Lipinski definition) is 1. The lowest BCUT2D eigenvalue weighted by Crippen LogP contribution is -2.23. The van der Waals surface area contributed by atoms with Crippen molar-refractivity contribution in [2.75, 3.05) is 0 Å². The van der Waals surface area contributed by atoms with E-state index < -0.39 is 10.0 Å². The van der Waals surface area contributed by atoms with E-state index >= 15 is 0 Å². The maximum atomic E-state index is 12.3. The average molecular weight is 363 g/mol. The summed E-state index contributed by atoms with van der Waals surface area (Å²) in [5, 5.41) is 0.578. The first-order valence-electron chi connectivity index (χ1n) is 7.23. The molecule has 0 unspecified atom stereocenters. The van der Waals surface area contributed by atoms with E-state index in [4.69, 9.17) is 16.0 Å². The van der Waals surface area contributed by atoms with Gasteiger partial charge in [0.25, 0.3) is 0 Å². The van der Waals surface area contributed by atoms with Crippen LogP contribution in [0.5, 0.6) is 0 Å². The standard InChI is InChI=1S/C17H15ClN2O3S/c1-12-16(11-19-24(21,22)15-8-3-2-4-9-15)20-17(23-12)13-6-5-7-14(18)10-13/h2-10,19H,11H2,1H3. The number of nitrogens with zero attached hydrogens (tertiary/aromatic N) is 1. The number of oxazole rings is 1. The molecule has 124 valence electrons. The zero-order valence-corrected chi connectivity index (χ0v) is 14.4. The Morgan fingerprint density at radius 3 is 2.58 bits per heavy atom. The molecule has 0 saturated carbocycles. The number of aromatic nitrogens is 1. The molecule has 0 aliphatic heterocycles. The highest BCUT2D eigenvalue weighted by atomic mass is 35.5. The van der Waals surface area contributed by atoms with E-state index in [1.807, 2.05) is 6.07 Å². The fourth-order valence-corrected chi connectivity index (χ4v) is 3.38. The van der Waals surface area contributed by atoms with Crippen molar-refractivity contribution in [1.82, 2.24) is 9.71 Å². The molecular formula is C17H15ClN2O3S. The minimum Gasteiger partial charge on any atom is -0.441 e. The molecular weight excluding hydrogens is 348 g/mol. The van der Waals surface area contributed by atoms with Crippen molar-refractivity contribution >= 4 is 21.6 Å². The summed E-state index contributed by atoms with van der Waals surface area (Å²) in [6, 6.07) is 15.3. The van der Waals surface area contributed by atoms with Crippen LogP contribution in [0.4, 0.5) is 0 Å². The Bertz CT molecular complexity index is 953. The molecule has 0 spiro atoms. The highest BCUT2D eigenvalue weighted by Gasteiger charge is 2.17. The number of halogens is 1. The molecule has 2 aromatic carbocycles. The lowest BCUT2D eigenvalue weighted by molar-refractivity contribution is 0.538. The van der Waals surface area contributed by atoms with Gasteiger partial charge in [0, 0.05) is 10.6 Å². The lowest BCUT2D eigenvalue weighted by Gasteiger charge is -2.05. The van der Waals surface area contributed by atoms with Gasteiger partial charge in [0.15, 0.2) is 0 Å². The van der Waals surface area contributed by atoms with Gasteiger partial charge in [-0.25, -0.2) is 18.1 Å². The van der Waals surface area contributed by atoms with Gasteiger partial charge >= 0.3 is 0 Å². The van der Waals surface area contributed by atoms with E-state index in [1.165, 1.54) is 12.1 Å². The smallest absolute Gasteiger partial charge is 0.240 e. The minimum atomic E-state index is -3.59. The van der Waals surface area contributed by atoms with Crippen molar-refractivity contribution in [1.29, 1.82) is 0 Å². The second-order valence-corrected chi connectivity index (χ2v) is 7.37. The van der Waals surface area contributed by atoms with Crippen molar-refractivity contribution in [2.45, 2.75) is 18.4 Å². The van der Waals surface area contributed by atoms with Gasteiger partial charge in [-0.1, -0.05) is 35.9 Å². The topological polar surface area (TPSA) is 72.2 Å². The highest BCUT2D eigenvalue weighted by Crippen LogP contribution is 2.24. The zero-order valence-electron chi connectivity index (χ0n) is 12.9. The summed E-state index contributed by atoms with van der Waals surface area (Å²) < 4.78 is 32.7. The number of rotatable bonds is 5. The maximum absolute atomic E-state index is 12.3. The van der Waals surface area contributed by atoms with Crippen molar-refractivity contribution in [3.8, 4) is 11.5 Å². The molecule has 0 bridgehead atoms. The monoisotopic (exact) mass is 362 g/mol. The first-order chi connectivity index (χ1) is 11.5. The van der Waals surface area contributed by atoms with Crippen LogP contribution in [-0.2, 0) is 16.6 Å². The molecule has 0 fully saturated rings. The molecule has 24 heavy (non-hydrogen) atoms. The molecule has 0 radical (unpaired) electrons. The summed E-state index contributed by atoms with van der Waals surface area (Å²) in [6.45, 7) is 1.79. The van der Waals surface area contributed by atoms with E-state index in [2.05, 4.69) is 9.71 Å². The van der Waals surface area contributed by atoms with Crippen LogP contribution in [0.15, 0.2) is 63.9 Å². The Morgan fingerprint density at radius 1 is 1.12 bits per heavy atom. The molecule has 0 saturated heterocycles. The molecule has 0 aliphatic rings. The third kappa shape index (κ3) is 3.67. The van der Waals surface area contributed by atoms with Crippen LogP contribution in [0.1, 0.15) is 11.5 Å². The predicted molar refractivity (Wildman–Crippen MR) is 92.2 cm³/mol. The van der Waals surface area contributed by atoms with Crippen LogP contribution in [0.25, 0.3) is 11.5 Å². The number of nitrogens with one attached hydrogen (secondary N) is 1. The number of hydrogen-bond acceptors (Lipinski definition) is 4. The minimum absolute atomic E-state index is 0.0487. The third-order valence-electron chi connectivity index (χ3n) is 3.45. The first kappa shape index (κ1) is 16.7.